The van der Waals surface area contributed by atoms with Crippen molar-refractivity contribution in [1.29, 1.82) is 0 Å². The Morgan fingerprint density at radius 2 is 1.74 bits per heavy atom. The van der Waals surface area contributed by atoms with Crippen molar-refractivity contribution in [2.75, 3.05) is 19.6 Å². The molecule has 1 saturated carbocycles. The molecule has 1 amide bonds. The van der Waals surface area contributed by atoms with Gasteiger partial charge >= 0.3 is 0 Å². The van der Waals surface area contributed by atoms with Crippen LogP contribution >= 0.6 is 0 Å². The largest absolute Gasteiger partial charge is 0.341 e. The molecule has 2 aliphatic rings. The number of nitrogens with two attached hydrogens (primary N) is 1. The third kappa shape index (κ3) is 5.72. The zero-order chi connectivity index (χ0) is 16.7. The molecular weight excluding hydrogens is 314 g/mol. The Labute approximate surface area is 140 Å². The quantitative estimate of drug-likeness (QED) is 0.650. The number of amides is 1. The fourth-order valence-corrected chi connectivity index (χ4v) is 5.11. The van der Waals surface area contributed by atoms with Crippen LogP contribution in [-0.2, 0) is 14.8 Å². The maximum atomic E-state index is 12.2. The van der Waals surface area contributed by atoms with Gasteiger partial charge < -0.3 is 10.6 Å². The summed E-state index contributed by atoms with van der Waals surface area (Å²) in [7, 11) is -3.17. The predicted octanol–water partition coefficient (Wildman–Crippen LogP) is 1.36. The molecule has 0 aromatic rings. The second kappa shape index (κ2) is 8.99. The van der Waals surface area contributed by atoms with E-state index in [2.05, 4.69) is 4.72 Å². The van der Waals surface area contributed by atoms with Gasteiger partial charge in [0.1, 0.15) is 0 Å². The summed E-state index contributed by atoms with van der Waals surface area (Å²) in [5, 5.41) is -0.213. The van der Waals surface area contributed by atoms with Crippen LogP contribution < -0.4 is 10.5 Å². The highest BCUT2D eigenvalue weighted by Gasteiger charge is 2.26. The zero-order valence-corrected chi connectivity index (χ0v) is 14.8. The fourth-order valence-electron chi connectivity index (χ4n) is 3.49. The Kier molecular flexibility index (Phi) is 7.30. The van der Waals surface area contributed by atoms with Gasteiger partial charge in [-0.15, -0.1) is 0 Å². The van der Waals surface area contributed by atoms with E-state index >= 15 is 0 Å². The molecule has 3 N–H and O–H groups in total. The first-order valence-corrected chi connectivity index (χ1v) is 10.6. The lowest BCUT2D eigenvalue weighted by Crippen LogP contribution is -2.42. The minimum atomic E-state index is -3.17. The van der Waals surface area contributed by atoms with Gasteiger partial charge in [-0.2, -0.15) is 0 Å². The van der Waals surface area contributed by atoms with Crippen molar-refractivity contribution in [2.45, 2.75) is 75.5 Å². The number of unbranched alkanes of at least 4 members (excludes halogenated alkanes) is 1. The number of carbonyl (C=O) groups excluding carboxylic acids is 1. The number of nitrogens with one attached hydrogen (secondary N) is 1. The number of likely N-dealkylation sites (tertiary alicyclic amines) is 1. The summed E-state index contributed by atoms with van der Waals surface area (Å²) in [6.07, 6.45) is 9.01. The van der Waals surface area contributed by atoms with Gasteiger partial charge in [0.25, 0.3) is 0 Å². The summed E-state index contributed by atoms with van der Waals surface area (Å²) in [5.41, 5.74) is 5.95. The van der Waals surface area contributed by atoms with Crippen LogP contribution in [0.3, 0.4) is 0 Å². The lowest BCUT2D eigenvalue weighted by molar-refractivity contribution is -0.131. The average Bonchev–Trinajstić information content (AvgIpc) is 3.09. The number of hydrogen-bond acceptors (Lipinski definition) is 4. The summed E-state index contributed by atoms with van der Waals surface area (Å²) in [5.74, 6) is 0.0466. The maximum absolute atomic E-state index is 12.2. The second-order valence-electron chi connectivity index (χ2n) is 6.83. The number of nitrogens with zero attached hydrogens (tertiary/aromatic N) is 1. The van der Waals surface area contributed by atoms with Gasteiger partial charge in [0.2, 0.25) is 15.9 Å². The third-order valence-corrected chi connectivity index (χ3v) is 6.93. The summed E-state index contributed by atoms with van der Waals surface area (Å²) in [6.45, 7) is 2.10. The molecule has 1 aliphatic carbocycles. The fraction of sp³-hybridized carbons (Fsp3) is 0.938. The molecule has 1 atom stereocenters. The summed E-state index contributed by atoms with van der Waals surface area (Å²) < 4.78 is 27.1. The molecule has 1 saturated heterocycles. The SMILES string of the molecule is NC(CCCCNS(=O)(=O)C1CCCCC1)C(=O)N1CCCC1. The molecule has 1 unspecified atom stereocenters. The minimum absolute atomic E-state index is 0.0466. The first-order chi connectivity index (χ1) is 11.0. The van der Waals surface area contributed by atoms with Gasteiger partial charge in [-0.3, -0.25) is 4.79 Å². The van der Waals surface area contributed by atoms with E-state index in [-0.39, 0.29) is 11.2 Å². The van der Waals surface area contributed by atoms with Gasteiger partial charge in [-0.25, -0.2) is 13.1 Å². The highest BCUT2D eigenvalue weighted by atomic mass is 32.2. The Hall–Kier alpha value is -0.660. The van der Waals surface area contributed by atoms with E-state index in [9.17, 15) is 13.2 Å². The highest BCUT2D eigenvalue weighted by molar-refractivity contribution is 7.90. The molecule has 0 aromatic heterocycles. The Bertz CT molecular complexity index is 469. The van der Waals surface area contributed by atoms with Crippen molar-refractivity contribution in [3.63, 3.8) is 0 Å². The van der Waals surface area contributed by atoms with Crippen LogP contribution in [0.1, 0.15) is 64.2 Å². The number of hydrogen-bond donors (Lipinski definition) is 2. The van der Waals surface area contributed by atoms with Crippen molar-refractivity contribution < 1.29 is 13.2 Å². The molecule has 0 radical (unpaired) electrons. The molecule has 0 aromatic carbocycles. The van der Waals surface area contributed by atoms with Crippen LogP contribution in [0.2, 0.25) is 0 Å². The molecule has 6 nitrogen and oxygen atoms in total. The predicted molar refractivity (Wildman–Crippen MR) is 91.4 cm³/mol. The monoisotopic (exact) mass is 345 g/mol. The first kappa shape index (κ1) is 18.7. The normalized spacial score (nSPS) is 21.5. The molecule has 0 bridgehead atoms. The van der Waals surface area contributed by atoms with E-state index < -0.39 is 16.1 Å². The lowest BCUT2D eigenvalue weighted by Gasteiger charge is -2.22. The zero-order valence-electron chi connectivity index (χ0n) is 14.0. The van der Waals surface area contributed by atoms with E-state index in [1.165, 1.54) is 0 Å². The Balaban J connectivity index is 1.60. The van der Waals surface area contributed by atoms with Gasteiger partial charge in [-0.1, -0.05) is 25.7 Å². The van der Waals surface area contributed by atoms with Crippen LogP contribution in [0.5, 0.6) is 0 Å². The van der Waals surface area contributed by atoms with Crippen LogP contribution in [0.25, 0.3) is 0 Å². The maximum Gasteiger partial charge on any atom is 0.239 e. The van der Waals surface area contributed by atoms with E-state index in [1.54, 1.807) is 0 Å². The van der Waals surface area contributed by atoms with Crippen molar-refractivity contribution >= 4 is 15.9 Å². The summed E-state index contributed by atoms with van der Waals surface area (Å²) in [6, 6.07) is -0.442. The molecule has 2 rings (SSSR count). The molecule has 0 spiro atoms. The van der Waals surface area contributed by atoms with Gasteiger partial charge in [0.15, 0.2) is 0 Å². The average molecular weight is 346 g/mol. The summed E-state index contributed by atoms with van der Waals surface area (Å²) >= 11 is 0. The highest BCUT2D eigenvalue weighted by Crippen LogP contribution is 2.23. The van der Waals surface area contributed by atoms with Crippen molar-refractivity contribution in [3.05, 3.63) is 0 Å². The van der Waals surface area contributed by atoms with Crippen molar-refractivity contribution in [2.24, 2.45) is 5.73 Å². The van der Waals surface area contributed by atoms with Crippen LogP contribution in [0, 0.1) is 0 Å². The van der Waals surface area contributed by atoms with E-state index in [0.29, 0.717) is 13.0 Å². The molecule has 23 heavy (non-hydrogen) atoms. The van der Waals surface area contributed by atoms with E-state index in [4.69, 9.17) is 5.73 Å². The number of carbonyl (C=O) groups is 1. The molecule has 2 fully saturated rings. The summed E-state index contributed by atoms with van der Waals surface area (Å²) in [4.78, 5) is 13.9. The molecule has 1 aliphatic heterocycles. The topological polar surface area (TPSA) is 92.5 Å². The molecule has 7 heteroatoms. The van der Waals surface area contributed by atoms with Gasteiger partial charge in [0.05, 0.1) is 11.3 Å². The Morgan fingerprint density at radius 1 is 1.09 bits per heavy atom. The smallest absolute Gasteiger partial charge is 0.239 e. The molecule has 1 heterocycles. The lowest BCUT2D eigenvalue weighted by atomic mass is 10.0. The standard InChI is InChI=1S/C16H31N3O3S/c17-15(16(20)19-12-6-7-13-19)10-4-5-11-18-23(21,22)14-8-2-1-3-9-14/h14-15,18H,1-13,17H2. The van der Waals surface area contributed by atoms with E-state index in [1.807, 2.05) is 4.90 Å². The van der Waals surface area contributed by atoms with Gasteiger partial charge in [-0.05, 0) is 38.5 Å². The molecule has 134 valence electrons. The van der Waals surface area contributed by atoms with Crippen molar-refractivity contribution in [1.82, 2.24) is 9.62 Å². The number of rotatable bonds is 8. The Morgan fingerprint density at radius 3 is 2.39 bits per heavy atom. The first-order valence-electron chi connectivity index (χ1n) is 9.03. The van der Waals surface area contributed by atoms with Crippen LogP contribution in [-0.4, -0.2) is 50.2 Å². The van der Waals surface area contributed by atoms with Crippen molar-refractivity contribution in [3.8, 4) is 0 Å². The third-order valence-electron chi connectivity index (χ3n) is 4.97. The minimum Gasteiger partial charge on any atom is -0.341 e. The molecular formula is C16H31N3O3S. The second-order valence-corrected chi connectivity index (χ2v) is 8.88. The number of sulfonamides is 1. The van der Waals surface area contributed by atoms with Crippen LogP contribution in [0.4, 0.5) is 0 Å². The van der Waals surface area contributed by atoms with Gasteiger partial charge in [0, 0.05) is 19.6 Å². The van der Waals surface area contributed by atoms with Crippen LogP contribution in [0.15, 0.2) is 0 Å². The van der Waals surface area contributed by atoms with E-state index in [0.717, 1.165) is 70.9 Å².